The Morgan fingerprint density at radius 2 is 1.93 bits per heavy atom. The van der Waals surface area contributed by atoms with Gasteiger partial charge in [-0.25, -0.2) is 15.0 Å². The van der Waals surface area contributed by atoms with Gasteiger partial charge in [-0.05, 0) is 29.3 Å². The lowest BCUT2D eigenvalue weighted by Gasteiger charge is -2.27. The van der Waals surface area contributed by atoms with Crippen LogP contribution in [0.4, 0.5) is 5.82 Å². The minimum Gasteiger partial charge on any atom is -0.454 e. The maximum Gasteiger partial charge on any atom is 0.231 e. The summed E-state index contributed by atoms with van der Waals surface area (Å²) in [6.45, 7) is 1.56. The van der Waals surface area contributed by atoms with Crippen LogP contribution in [0.2, 0.25) is 5.28 Å². The molecule has 5 rings (SSSR count). The lowest BCUT2D eigenvalue weighted by atomic mass is 10.2. The Hall–Kier alpha value is -2.17. The third kappa shape index (κ3) is 3.84. The van der Waals surface area contributed by atoms with Crippen molar-refractivity contribution in [3.63, 3.8) is 0 Å². The van der Waals surface area contributed by atoms with Gasteiger partial charge in [0, 0.05) is 41.1 Å². The van der Waals surface area contributed by atoms with Gasteiger partial charge in [0.15, 0.2) is 17.3 Å². The Bertz CT molecular complexity index is 1110. The van der Waals surface area contributed by atoms with Crippen LogP contribution in [-0.4, -0.2) is 55.5 Å². The van der Waals surface area contributed by atoms with Crippen LogP contribution in [0, 0.1) is 0 Å². The molecule has 0 bridgehead atoms. The monoisotopic (exact) mass is 449 g/mol. The Kier molecular flexibility index (Phi) is 5.15. The first-order chi connectivity index (χ1) is 14.2. The molecule has 0 amide bonds. The number of ether oxygens (including phenoxy) is 2. The number of anilines is 1. The Balaban J connectivity index is 1.44. The number of nitrogens with zero attached hydrogens (tertiary/aromatic N) is 5. The highest BCUT2D eigenvalue weighted by Gasteiger charge is 2.22. The SMILES string of the molecule is O=S1CCN(c2nc(Cl)nc3c(SCc4ccc5c(c4)OCO5)ncnc23)CC1. The zero-order valence-corrected chi connectivity index (χ0v) is 17.6. The molecule has 11 heteroatoms. The van der Waals surface area contributed by atoms with Gasteiger partial charge >= 0.3 is 0 Å². The molecule has 1 fully saturated rings. The van der Waals surface area contributed by atoms with E-state index < -0.39 is 10.8 Å². The van der Waals surface area contributed by atoms with Crippen LogP contribution in [0.3, 0.4) is 0 Å². The van der Waals surface area contributed by atoms with Crippen molar-refractivity contribution in [1.29, 1.82) is 0 Å². The van der Waals surface area contributed by atoms with Gasteiger partial charge in [0.25, 0.3) is 0 Å². The maximum atomic E-state index is 11.7. The van der Waals surface area contributed by atoms with Gasteiger partial charge in [-0.3, -0.25) is 4.21 Å². The average molecular weight is 450 g/mol. The number of hydrogen-bond acceptors (Lipinski definition) is 9. The molecule has 0 saturated carbocycles. The summed E-state index contributed by atoms with van der Waals surface area (Å²) in [7, 11) is -0.777. The minimum atomic E-state index is -0.777. The van der Waals surface area contributed by atoms with Crippen LogP contribution < -0.4 is 14.4 Å². The van der Waals surface area contributed by atoms with Crippen molar-refractivity contribution in [3.05, 3.63) is 35.4 Å². The molecule has 150 valence electrons. The molecule has 0 atom stereocenters. The van der Waals surface area contributed by atoms with Gasteiger partial charge < -0.3 is 14.4 Å². The van der Waals surface area contributed by atoms with Crippen molar-refractivity contribution in [2.24, 2.45) is 0 Å². The minimum absolute atomic E-state index is 0.152. The first kappa shape index (κ1) is 18.8. The van der Waals surface area contributed by atoms with E-state index in [1.165, 1.54) is 6.33 Å². The molecular weight excluding hydrogens is 434 g/mol. The molecule has 2 aromatic heterocycles. The molecule has 0 unspecified atom stereocenters. The molecule has 0 spiro atoms. The summed E-state index contributed by atoms with van der Waals surface area (Å²) in [5, 5.41) is 0.887. The molecule has 1 saturated heterocycles. The molecule has 3 aromatic rings. The summed E-state index contributed by atoms with van der Waals surface area (Å²) in [6, 6.07) is 5.89. The van der Waals surface area contributed by atoms with Crippen LogP contribution in [0.5, 0.6) is 11.5 Å². The van der Waals surface area contributed by atoms with Crippen LogP contribution in [0.15, 0.2) is 29.6 Å². The van der Waals surface area contributed by atoms with Crippen molar-refractivity contribution < 1.29 is 13.7 Å². The van der Waals surface area contributed by atoms with Gasteiger partial charge in [-0.1, -0.05) is 17.8 Å². The maximum absolute atomic E-state index is 11.7. The number of halogens is 1. The predicted molar refractivity (Wildman–Crippen MR) is 112 cm³/mol. The first-order valence-corrected chi connectivity index (χ1v) is 11.8. The van der Waals surface area contributed by atoms with E-state index in [0.29, 0.717) is 47.2 Å². The van der Waals surface area contributed by atoms with E-state index in [2.05, 4.69) is 24.8 Å². The van der Waals surface area contributed by atoms with E-state index in [1.807, 2.05) is 18.2 Å². The van der Waals surface area contributed by atoms with E-state index in [-0.39, 0.29) is 12.1 Å². The highest BCUT2D eigenvalue weighted by atomic mass is 35.5. The van der Waals surface area contributed by atoms with E-state index in [4.69, 9.17) is 21.1 Å². The Morgan fingerprint density at radius 3 is 2.79 bits per heavy atom. The van der Waals surface area contributed by atoms with Crippen molar-refractivity contribution in [2.45, 2.75) is 10.8 Å². The molecule has 8 nitrogen and oxygen atoms in total. The summed E-state index contributed by atoms with van der Waals surface area (Å²) in [6.07, 6.45) is 1.52. The highest BCUT2D eigenvalue weighted by Crippen LogP contribution is 2.35. The third-order valence-corrected chi connectivity index (χ3v) is 7.19. The lowest BCUT2D eigenvalue weighted by Crippen LogP contribution is -2.38. The molecule has 1 aromatic carbocycles. The zero-order valence-electron chi connectivity index (χ0n) is 15.2. The second-order valence-electron chi connectivity index (χ2n) is 6.50. The summed E-state index contributed by atoms with van der Waals surface area (Å²) < 4.78 is 22.5. The quantitative estimate of drug-likeness (QED) is 0.338. The van der Waals surface area contributed by atoms with Crippen LogP contribution >= 0.6 is 23.4 Å². The van der Waals surface area contributed by atoms with Crippen molar-refractivity contribution in [1.82, 2.24) is 19.9 Å². The van der Waals surface area contributed by atoms with Gasteiger partial charge in [-0.15, -0.1) is 0 Å². The van der Waals surface area contributed by atoms with Crippen LogP contribution in [0.1, 0.15) is 5.56 Å². The number of fused-ring (bicyclic) bond motifs is 2. The van der Waals surface area contributed by atoms with Gasteiger partial charge in [0.05, 0.1) is 0 Å². The molecular formula is C18H16ClN5O3S2. The predicted octanol–water partition coefficient (Wildman–Crippen LogP) is 2.66. The standard InChI is InChI=1S/C18H16ClN5O3S2/c19-18-22-15-14(16(23-18)24-3-5-29(25)6-4-24)20-9-21-17(15)28-8-11-1-2-12-13(7-11)27-10-26-12/h1-2,7,9H,3-6,8,10H2. The second kappa shape index (κ2) is 7.92. The van der Waals surface area contributed by atoms with E-state index in [0.717, 1.165) is 22.1 Å². The smallest absolute Gasteiger partial charge is 0.231 e. The number of hydrogen-bond donors (Lipinski definition) is 0. The largest absolute Gasteiger partial charge is 0.454 e. The molecule has 2 aliphatic rings. The van der Waals surface area contributed by atoms with E-state index >= 15 is 0 Å². The van der Waals surface area contributed by atoms with Crippen LogP contribution in [0.25, 0.3) is 11.0 Å². The normalized spacial score (nSPS) is 16.5. The summed E-state index contributed by atoms with van der Waals surface area (Å²) >= 11 is 7.77. The zero-order chi connectivity index (χ0) is 19.8. The number of benzene rings is 1. The average Bonchev–Trinajstić information content (AvgIpc) is 3.20. The topological polar surface area (TPSA) is 90.3 Å². The Morgan fingerprint density at radius 1 is 1.10 bits per heavy atom. The summed E-state index contributed by atoms with van der Waals surface area (Å²) in [4.78, 5) is 19.7. The van der Waals surface area contributed by atoms with Gasteiger partial charge in [0.1, 0.15) is 22.4 Å². The molecule has 2 aliphatic heterocycles. The van der Waals surface area contributed by atoms with Gasteiger partial charge in [0.2, 0.25) is 12.1 Å². The molecule has 0 radical (unpaired) electrons. The number of rotatable bonds is 4. The van der Waals surface area contributed by atoms with E-state index in [9.17, 15) is 4.21 Å². The lowest BCUT2D eigenvalue weighted by molar-refractivity contribution is 0.174. The van der Waals surface area contributed by atoms with Crippen LogP contribution in [-0.2, 0) is 16.6 Å². The fourth-order valence-corrected chi connectivity index (χ4v) is 5.34. The number of thioether (sulfide) groups is 1. The molecule has 0 aliphatic carbocycles. The summed E-state index contributed by atoms with van der Waals surface area (Å²) in [5.74, 6) is 4.09. The molecule has 4 heterocycles. The highest BCUT2D eigenvalue weighted by molar-refractivity contribution is 7.98. The van der Waals surface area contributed by atoms with Crippen molar-refractivity contribution in [2.75, 3.05) is 36.3 Å². The number of aromatic nitrogens is 4. The fraction of sp³-hybridized carbons (Fsp3) is 0.333. The summed E-state index contributed by atoms with van der Waals surface area (Å²) in [5.41, 5.74) is 2.37. The van der Waals surface area contributed by atoms with Crippen molar-refractivity contribution in [3.8, 4) is 11.5 Å². The Labute approximate surface area is 178 Å². The van der Waals surface area contributed by atoms with Gasteiger partial charge in [-0.2, -0.15) is 4.98 Å². The molecule has 0 N–H and O–H groups in total. The third-order valence-electron chi connectivity index (χ3n) is 4.69. The molecule has 29 heavy (non-hydrogen) atoms. The first-order valence-electron chi connectivity index (χ1n) is 8.97. The van der Waals surface area contributed by atoms with E-state index in [1.54, 1.807) is 11.8 Å². The van der Waals surface area contributed by atoms with Crippen molar-refractivity contribution >= 4 is 51.0 Å². The fourth-order valence-electron chi connectivity index (χ4n) is 3.24. The second-order valence-corrected chi connectivity index (χ2v) is 9.50.